The van der Waals surface area contributed by atoms with Crippen molar-refractivity contribution in [3.63, 3.8) is 0 Å². The van der Waals surface area contributed by atoms with E-state index in [1.807, 2.05) is 29.5 Å². The van der Waals surface area contributed by atoms with E-state index >= 15 is 0 Å². The van der Waals surface area contributed by atoms with E-state index in [4.69, 9.17) is 0 Å². The van der Waals surface area contributed by atoms with Crippen LogP contribution in [0, 0.1) is 12.7 Å². The third-order valence-electron chi connectivity index (χ3n) is 3.10. The number of aryl methyl sites for hydroxylation is 1. The summed E-state index contributed by atoms with van der Waals surface area (Å²) in [5.74, 6) is 0.354. The van der Waals surface area contributed by atoms with Gasteiger partial charge in [0.15, 0.2) is 6.29 Å². The second-order valence-corrected chi connectivity index (χ2v) is 4.33. The van der Waals surface area contributed by atoms with Crippen LogP contribution in [-0.4, -0.2) is 15.7 Å². The maximum absolute atomic E-state index is 13.0. The van der Waals surface area contributed by atoms with E-state index in [2.05, 4.69) is 4.98 Å². The molecular formula is C15H11FN2O. The average molecular weight is 254 g/mol. The van der Waals surface area contributed by atoms with Gasteiger partial charge < -0.3 is 0 Å². The van der Waals surface area contributed by atoms with Crippen LogP contribution in [0.5, 0.6) is 0 Å². The monoisotopic (exact) mass is 254 g/mol. The number of pyridine rings is 1. The highest BCUT2D eigenvalue weighted by molar-refractivity contribution is 5.86. The molecule has 19 heavy (non-hydrogen) atoms. The van der Waals surface area contributed by atoms with Crippen LogP contribution in [0.4, 0.5) is 4.39 Å². The van der Waals surface area contributed by atoms with E-state index in [9.17, 15) is 9.18 Å². The van der Waals surface area contributed by atoms with E-state index in [1.54, 1.807) is 12.1 Å². The Kier molecular flexibility index (Phi) is 2.63. The van der Waals surface area contributed by atoms with Gasteiger partial charge in [-0.2, -0.15) is 0 Å². The first-order valence-corrected chi connectivity index (χ1v) is 5.90. The second kappa shape index (κ2) is 4.31. The fourth-order valence-corrected chi connectivity index (χ4v) is 2.20. The molecule has 94 valence electrons. The highest BCUT2D eigenvalue weighted by atomic mass is 19.1. The fraction of sp³-hybridized carbons (Fsp3) is 0.0667. The van der Waals surface area contributed by atoms with Crippen LogP contribution in [0.25, 0.3) is 16.9 Å². The normalized spacial score (nSPS) is 10.8. The van der Waals surface area contributed by atoms with Crippen LogP contribution in [-0.2, 0) is 0 Å². The number of carbonyl (C=O) groups is 1. The van der Waals surface area contributed by atoms with Gasteiger partial charge in [-0.15, -0.1) is 0 Å². The maximum atomic E-state index is 13.0. The number of hydrogen-bond acceptors (Lipinski definition) is 2. The average Bonchev–Trinajstić information content (AvgIpc) is 2.80. The minimum atomic E-state index is -0.294. The van der Waals surface area contributed by atoms with E-state index in [0.717, 1.165) is 23.1 Å². The van der Waals surface area contributed by atoms with Crippen molar-refractivity contribution in [2.75, 3.05) is 0 Å². The van der Waals surface area contributed by atoms with Gasteiger partial charge >= 0.3 is 0 Å². The lowest BCUT2D eigenvalue weighted by molar-refractivity contribution is 0.112. The quantitative estimate of drug-likeness (QED) is 0.658. The van der Waals surface area contributed by atoms with Gasteiger partial charge in [-0.25, -0.2) is 9.37 Å². The lowest BCUT2D eigenvalue weighted by Crippen LogP contribution is -1.93. The minimum Gasteiger partial charge on any atom is -0.296 e. The van der Waals surface area contributed by atoms with Crippen molar-refractivity contribution >= 4 is 11.8 Å². The largest absolute Gasteiger partial charge is 0.296 e. The zero-order valence-corrected chi connectivity index (χ0v) is 10.3. The number of aldehydes is 1. The number of hydrogen-bond donors (Lipinski definition) is 0. The molecule has 0 saturated heterocycles. The van der Waals surface area contributed by atoms with Crippen molar-refractivity contribution in [2.45, 2.75) is 6.92 Å². The highest BCUT2D eigenvalue weighted by Gasteiger charge is 2.13. The van der Waals surface area contributed by atoms with Crippen LogP contribution in [0.1, 0.15) is 16.2 Å². The summed E-state index contributed by atoms with van der Waals surface area (Å²) in [4.78, 5) is 15.4. The van der Waals surface area contributed by atoms with Gasteiger partial charge in [0.05, 0.1) is 5.52 Å². The van der Waals surface area contributed by atoms with Gasteiger partial charge in [-0.05, 0) is 43.3 Å². The summed E-state index contributed by atoms with van der Waals surface area (Å²) in [5, 5.41) is 0. The van der Waals surface area contributed by atoms with Crippen molar-refractivity contribution in [3.05, 3.63) is 59.7 Å². The van der Waals surface area contributed by atoms with Gasteiger partial charge in [-0.1, -0.05) is 6.07 Å². The Bertz CT molecular complexity index is 760. The van der Waals surface area contributed by atoms with Gasteiger partial charge in [0.1, 0.15) is 17.3 Å². The standard InChI is InChI=1S/C15H11FN2O/c1-10-3-2-4-14-13(9-19)17-15(18(10)14)11-5-7-12(16)8-6-11/h2-9H,1H3. The maximum Gasteiger partial charge on any atom is 0.170 e. The smallest absolute Gasteiger partial charge is 0.170 e. The third-order valence-corrected chi connectivity index (χ3v) is 3.10. The SMILES string of the molecule is Cc1cccc2c(C=O)nc(-c3ccc(F)cc3)n12. The van der Waals surface area contributed by atoms with Crippen molar-refractivity contribution in [1.82, 2.24) is 9.38 Å². The Morgan fingerprint density at radius 3 is 2.58 bits per heavy atom. The molecule has 0 amide bonds. The Hall–Kier alpha value is -2.49. The van der Waals surface area contributed by atoms with Crippen LogP contribution < -0.4 is 0 Å². The summed E-state index contributed by atoms with van der Waals surface area (Å²) in [6.07, 6.45) is 0.738. The Balaban J connectivity index is 2.35. The zero-order chi connectivity index (χ0) is 13.4. The summed E-state index contributed by atoms with van der Waals surface area (Å²) in [7, 11) is 0. The Morgan fingerprint density at radius 1 is 1.16 bits per heavy atom. The molecule has 0 radical (unpaired) electrons. The summed E-state index contributed by atoms with van der Waals surface area (Å²) < 4.78 is 14.9. The molecule has 0 aliphatic carbocycles. The first kappa shape index (κ1) is 11.6. The summed E-state index contributed by atoms with van der Waals surface area (Å²) in [5.41, 5.74) is 2.90. The van der Waals surface area contributed by atoms with Crippen molar-refractivity contribution in [2.24, 2.45) is 0 Å². The number of benzene rings is 1. The molecule has 4 heteroatoms. The molecule has 2 aromatic heterocycles. The number of aromatic nitrogens is 2. The van der Waals surface area contributed by atoms with E-state index in [-0.39, 0.29) is 5.82 Å². The van der Waals surface area contributed by atoms with E-state index in [0.29, 0.717) is 11.5 Å². The first-order chi connectivity index (χ1) is 9.20. The fourth-order valence-electron chi connectivity index (χ4n) is 2.20. The number of rotatable bonds is 2. The second-order valence-electron chi connectivity index (χ2n) is 4.33. The van der Waals surface area contributed by atoms with Gasteiger partial charge in [0.2, 0.25) is 0 Å². The van der Waals surface area contributed by atoms with Gasteiger partial charge in [0.25, 0.3) is 0 Å². The first-order valence-electron chi connectivity index (χ1n) is 5.90. The molecule has 0 spiro atoms. The number of imidazole rings is 1. The number of halogens is 1. The van der Waals surface area contributed by atoms with Crippen molar-refractivity contribution < 1.29 is 9.18 Å². The molecule has 0 saturated carbocycles. The Labute approximate surface area is 109 Å². The van der Waals surface area contributed by atoms with Crippen LogP contribution in [0.2, 0.25) is 0 Å². The highest BCUT2D eigenvalue weighted by Crippen LogP contribution is 2.23. The molecule has 3 aromatic rings. The number of nitrogens with zero attached hydrogens (tertiary/aromatic N) is 2. The molecule has 3 rings (SSSR count). The summed E-state index contributed by atoms with van der Waals surface area (Å²) >= 11 is 0. The molecule has 0 unspecified atom stereocenters. The molecular weight excluding hydrogens is 243 g/mol. The summed E-state index contributed by atoms with van der Waals surface area (Å²) in [6, 6.07) is 11.8. The predicted octanol–water partition coefficient (Wildman–Crippen LogP) is 3.26. The van der Waals surface area contributed by atoms with E-state index in [1.165, 1.54) is 12.1 Å². The molecule has 0 aliphatic heterocycles. The van der Waals surface area contributed by atoms with Crippen LogP contribution in [0.15, 0.2) is 42.5 Å². The number of carbonyl (C=O) groups excluding carboxylic acids is 1. The molecule has 0 aliphatic rings. The molecule has 0 N–H and O–H groups in total. The van der Waals surface area contributed by atoms with Crippen LogP contribution in [0.3, 0.4) is 0 Å². The van der Waals surface area contributed by atoms with Gasteiger partial charge in [0, 0.05) is 11.3 Å². The molecule has 1 aromatic carbocycles. The van der Waals surface area contributed by atoms with Crippen molar-refractivity contribution in [3.8, 4) is 11.4 Å². The lowest BCUT2D eigenvalue weighted by Gasteiger charge is -2.04. The third kappa shape index (κ3) is 1.81. The summed E-state index contributed by atoms with van der Waals surface area (Å²) in [6.45, 7) is 1.94. The van der Waals surface area contributed by atoms with Gasteiger partial charge in [-0.3, -0.25) is 9.20 Å². The Morgan fingerprint density at radius 2 is 1.89 bits per heavy atom. The van der Waals surface area contributed by atoms with Crippen molar-refractivity contribution in [1.29, 1.82) is 0 Å². The topological polar surface area (TPSA) is 34.4 Å². The molecule has 3 nitrogen and oxygen atoms in total. The molecule has 0 fully saturated rings. The lowest BCUT2D eigenvalue weighted by atomic mass is 10.2. The minimum absolute atomic E-state index is 0.294. The number of fused-ring (bicyclic) bond motifs is 1. The zero-order valence-electron chi connectivity index (χ0n) is 10.3. The van der Waals surface area contributed by atoms with E-state index < -0.39 is 0 Å². The van der Waals surface area contributed by atoms with Crippen LogP contribution >= 0.6 is 0 Å². The molecule has 2 heterocycles. The predicted molar refractivity (Wildman–Crippen MR) is 70.7 cm³/mol. The molecule has 0 bridgehead atoms. The molecule has 0 atom stereocenters.